The van der Waals surface area contributed by atoms with Gasteiger partial charge >= 0.3 is 0 Å². The predicted octanol–water partition coefficient (Wildman–Crippen LogP) is 0.631. The SMILES string of the molecule is Cc1ccc(S(=O)(=O)CN2CCNCC2)cc1. The summed E-state index contributed by atoms with van der Waals surface area (Å²) in [5.74, 6) is 0.123. The molecular formula is C12H18N2O2S. The molecule has 1 N–H and O–H groups in total. The van der Waals surface area contributed by atoms with Crippen LogP contribution in [-0.4, -0.2) is 45.4 Å². The molecule has 1 aliphatic rings. The van der Waals surface area contributed by atoms with Gasteiger partial charge in [-0.2, -0.15) is 0 Å². The second kappa shape index (κ2) is 5.16. The highest BCUT2D eigenvalue weighted by atomic mass is 32.2. The van der Waals surface area contributed by atoms with Crippen LogP contribution in [0.3, 0.4) is 0 Å². The molecule has 0 aliphatic carbocycles. The van der Waals surface area contributed by atoms with E-state index >= 15 is 0 Å². The summed E-state index contributed by atoms with van der Waals surface area (Å²) >= 11 is 0. The lowest BCUT2D eigenvalue weighted by atomic mass is 10.2. The van der Waals surface area contributed by atoms with E-state index in [9.17, 15) is 8.42 Å². The molecule has 1 fully saturated rings. The summed E-state index contributed by atoms with van der Waals surface area (Å²) in [6, 6.07) is 7.05. The molecule has 94 valence electrons. The van der Waals surface area contributed by atoms with Gasteiger partial charge in [-0.3, -0.25) is 4.90 Å². The van der Waals surface area contributed by atoms with Gasteiger partial charge in [-0.15, -0.1) is 0 Å². The van der Waals surface area contributed by atoms with Gasteiger partial charge in [0.1, 0.15) is 5.88 Å². The highest BCUT2D eigenvalue weighted by molar-refractivity contribution is 7.91. The lowest BCUT2D eigenvalue weighted by Gasteiger charge is -2.26. The quantitative estimate of drug-likeness (QED) is 0.859. The molecule has 0 bridgehead atoms. The van der Waals surface area contributed by atoms with Crippen LogP contribution >= 0.6 is 0 Å². The van der Waals surface area contributed by atoms with Gasteiger partial charge in [0.25, 0.3) is 0 Å². The minimum Gasteiger partial charge on any atom is -0.314 e. The first-order valence-corrected chi connectivity index (χ1v) is 7.46. The monoisotopic (exact) mass is 254 g/mol. The van der Waals surface area contributed by atoms with E-state index in [1.807, 2.05) is 24.0 Å². The maximum atomic E-state index is 12.1. The minimum absolute atomic E-state index is 0.123. The Bertz CT molecular complexity index is 462. The van der Waals surface area contributed by atoms with Gasteiger partial charge in [0.2, 0.25) is 0 Å². The minimum atomic E-state index is -3.18. The van der Waals surface area contributed by atoms with Crippen LogP contribution in [0.4, 0.5) is 0 Å². The molecule has 2 rings (SSSR count). The number of aryl methyl sites for hydroxylation is 1. The molecule has 0 aromatic heterocycles. The molecule has 4 nitrogen and oxygen atoms in total. The lowest BCUT2D eigenvalue weighted by molar-refractivity contribution is 0.274. The van der Waals surface area contributed by atoms with Crippen LogP contribution < -0.4 is 5.32 Å². The molecule has 1 aromatic rings. The zero-order valence-electron chi connectivity index (χ0n) is 10.0. The normalized spacial score (nSPS) is 18.2. The molecule has 0 saturated carbocycles. The second-order valence-corrected chi connectivity index (χ2v) is 6.38. The van der Waals surface area contributed by atoms with Crippen molar-refractivity contribution in [2.75, 3.05) is 32.1 Å². The molecule has 1 aliphatic heterocycles. The first-order valence-electron chi connectivity index (χ1n) is 5.80. The molecule has 0 radical (unpaired) electrons. The van der Waals surface area contributed by atoms with Gasteiger partial charge in [-0.05, 0) is 19.1 Å². The molecular weight excluding hydrogens is 236 g/mol. The Morgan fingerprint density at radius 3 is 2.35 bits per heavy atom. The Labute approximate surface area is 103 Å². The summed E-state index contributed by atoms with van der Waals surface area (Å²) in [6.45, 7) is 5.27. The molecule has 1 saturated heterocycles. The summed E-state index contributed by atoms with van der Waals surface area (Å²) in [6.07, 6.45) is 0. The number of benzene rings is 1. The first kappa shape index (κ1) is 12.5. The molecule has 0 amide bonds. The summed E-state index contributed by atoms with van der Waals surface area (Å²) < 4.78 is 24.3. The van der Waals surface area contributed by atoms with Crippen LogP contribution in [0.1, 0.15) is 5.56 Å². The zero-order valence-corrected chi connectivity index (χ0v) is 10.8. The Morgan fingerprint density at radius 1 is 1.18 bits per heavy atom. The van der Waals surface area contributed by atoms with Crippen LogP contribution in [0.15, 0.2) is 29.2 Å². The number of piperazine rings is 1. The van der Waals surface area contributed by atoms with Crippen molar-refractivity contribution in [2.24, 2.45) is 0 Å². The van der Waals surface area contributed by atoms with E-state index in [-0.39, 0.29) is 5.88 Å². The van der Waals surface area contributed by atoms with Gasteiger partial charge in [0, 0.05) is 26.2 Å². The van der Waals surface area contributed by atoms with Gasteiger partial charge in [-0.1, -0.05) is 17.7 Å². The van der Waals surface area contributed by atoms with E-state index in [0.29, 0.717) is 4.90 Å². The molecule has 5 heteroatoms. The third kappa shape index (κ3) is 3.28. The second-order valence-electron chi connectivity index (χ2n) is 4.42. The molecule has 1 aromatic carbocycles. The summed E-state index contributed by atoms with van der Waals surface area (Å²) in [5, 5.41) is 3.21. The Hall–Kier alpha value is -0.910. The van der Waals surface area contributed by atoms with Crippen molar-refractivity contribution >= 4 is 9.84 Å². The van der Waals surface area contributed by atoms with Crippen molar-refractivity contribution in [2.45, 2.75) is 11.8 Å². The summed E-state index contributed by atoms with van der Waals surface area (Å²) in [4.78, 5) is 2.40. The average molecular weight is 254 g/mol. The van der Waals surface area contributed by atoms with Crippen LogP contribution in [0.2, 0.25) is 0 Å². The molecule has 1 heterocycles. The van der Waals surface area contributed by atoms with E-state index in [1.54, 1.807) is 12.1 Å². The lowest BCUT2D eigenvalue weighted by Crippen LogP contribution is -2.45. The van der Waals surface area contributed by atoms with Crippen molar-refractivity contribution in [1.29, 1.82) is 0 Å². The zero-order chi connectivity index (χ0) is 12.3. The van der Waals surface area contributed by atoms with E-state index < -0.39 is 9.84 Å². The third-order valence-electron chi connectivity index (χ3n) is 2.94. The molecule has 0 atom stereocenters. The van der Waals surface area contributed by atoms with E-state index in [2.05, 4.69) is 5.32 Å². The Kier molecular flexibility index (Phi) is 3.81. The Balaban J connectivity index is 2.10. The van der Waals surface area contributed by atoms with Crippen LogP contribution in [0.5, 0.6) is 0 Å². The highest BCUT2D eigenvalue weighted by Crippen LogP contribution is 2.13. The maximum absolute atomic E-state index is 12.1. The number of rotatable bonds is 3. The van der Waals surface area contributed by atoms with Crippen molar-refractivity contribution in [3.8, 4) is 0 Å². The average Bonchev–Trinajstić information content (AvgIpc) is 2.30. The van der Waals surface area contributed by atoms with Crippen LogP contribution in [-0.2, 0) is 9.84 Å². The Morgan fingerprint density at radius 2 is 1.76 bits per heavy atom. The maximum Gasteiger partial charge on any atom is 0.191 e. The van der Waals surface area contributed by atoms with Gasteiger partial charge in [-0.25, -0.2) is 8.42 Å². The van der Waals surface area contributed by atoms with Crippen molar-refractivity contribution in [3.63, 3.8) is 0 Å². The van der Waals surface area contributed by atoms with Crippen LogP contribution in [0.25, 0.3) is 0 Å². The van der Waals surface area contributed by atoms with Crippen molar-refractivity contribution in [1.82, 2.24) is 10.2 Å². The fraction of sp³-hybridized carbons (Fsp3) is 0.500. The summed E-state index contributed by atoms with van der Waals surface area (Å²) in [7, 11) is -3.18. The fourth-order valence-electron chi connectivity index (χ4n) is 1.90. The third-order valence-corrected chi connectivity index (χ3v) is 4.64. The fourth-order valence-corrected chi connectivity index (χ4v) is 3.34. The van der Waals surface area contributed by atoms with Crippen LogP contribution in [0, 0.1) is 6.92 Å². The number of nitrogens with one attached hydrogen (secondary N) is 1. The summed E-state index contributed by atoms with van der Waals surface area (Å²) in [5.41, 5.74) is 1.08. The van der Waals surface area contributed by atoms with E-state index in [1.165, 1.54) is 0 Å². The largest absolute Gasteiger partial charge is 0.314 e. The molecule has 0 unspecified atom stereocenters. The van der Waals surface area contributed by atoms with E-state index in [4.69, 9.17) is 0 Å². The van der Waals surface area contributed by atoms with E-state index in [0.717, 1.165) is 31.7 Å². The predicted molar refractivity (Wildman–Crippen MR) is 67.7 cm³/mol. The van der Waals surface area contributed by atoms with Gasteiger partial charge < -0.3 is 5.32 Å². The number of sulfone groups is 1. The van der Waals surface area contributed by atoms with Gasteiger partial charge in [0.15, 0.2) is 9.84 Å². The highest BCUT2D eigenvalue weighted by Gasteiger charge is 2.20. The standard InChI is InChI=1S/C12H18N2O2S/c1-11-2-4-12(5-3-11)17(15,16)10-14-8-6-13-7-9-14/h2-5,13H,6-10H2,1H3. The number of nitrogens with zero attached hydrogens (tertiary/aromatic N) is 1. The van der Waals surface area contributed by atoms with Crippen molar-refractivity contribution < 1.29 is 8.42 Å². The molecule has 0 spiro atoms. The smallest absolute Gasteiger partial charge is 0.191 e. The number of hydrogen-bond donors (Lipinski definition) is 1. The first-order chi connectivity index (χ1) is 8.08. The number of hydrogen-bond acceptors (Lipinski definition) is 4. The molecule has 17 heavy (non-hydrogen) atoms. The van der Waals surface area contributed by atoms with Crippen molar-refractivity contribution in [3.05, 3.63) is 29.8 Å². The topological polar surface area (TPSA) is 49.4 Å². The van der Waals surface area contributed by atoms with Gasteiger partial charge in [0.05, 0.1) is 4.90 Å².